The van der Waals surface area contributed by atoms with Crippen molar-refractivity contribution in [3.63, 3.8) is 0 Å². The Bertz CT molecular complexity index is 2200. The fourth-order valence-electron chi connectivity index (χ4n) is 6.10. The number of nitrogens with zero attached hydrogens (tertiary/aromatic N) is 2. The fourth-order valence-corrected chi connectivity index (χ4v) is 7.69. The summed E-state index contributed by atoms with van der Waals surface area (Å²) in [6.07, 6.45) is 4.99. The van der Waals surface area contributed by atoms with Crippen LogP contribution in [0.4, 0.5) is 0 Å². The standard InChI is InChI=1S/C26H20NO.C18H24NSi.Ir/c1-17(2)19-13-14-27-24(16-19)22-10-6-9-21-23-15-20(18-7-4-3-5-8-18)11-12-25(23)28-26(21)22;1-14(2)11-16-12-17(15-9-7-6-8-10-15)19-13-18(16)20(3,4)5;/h3-9,11-17H,1-2H3;6-9,12-14H,11H2,1-5H3;/q2*-1;/i17D;;. The van der Waals surface area contributed by atoms with E-state index in [9.17, 15) is 0 Å². The first-order valence-corrected chi connectivity index (χ1v) is 20.2. The Labute approximate surface area is 307 Å². The molecule has 7 aromatic rings. The van der Waals surface area contributed by atoms with Crippen LogP contribution in [0, 0.1) is 18.1 Å². The molecule has 0 N–H and O–H groups in total. The SMILES string of the molecule is CC(C)Cc1cc(-c2[c-]cccc2)ncc1[Si](C)(C)C.[2H]C(C)(C)c1ccnc(-c2[c-]ccc3c2oc2ccc(-c4ccccc4)cc23)c1.[Ir]. The molecule has 7 rings (SSSR count). The molecule has 0 saturated heterocycles. The van der Waals surface area contributed by atoms with Crippen LogP contribution >= 0.6 is 0 Å². The predicted molar refractivity (Wildman–Crippen MR) is 205 cm³/mol. The summed E-state index contributed by atoms with van der Waals surface area (Å²) in [7, 11) is -1.34. The van der Waals surface area contributed by atoms with Gasteiger partial charge in [0.1, 0.15) is 5.58 Å². The van der Waals surface area contributed by atoms with Gasteiger partial charge in [-0.3, -0.25) is 0 Å². The van der Waals surface area contributed by atoms with Crippen molar-refractivity contribution in [3.05, 3.63) is 139 Å². The summed E-state index contributed by atoms with van der Waals surface area (Å²) in [6, 6.07) is 41.4. The van der Waals surface area contributed by atoms with Gasteiger partial charge in [0.15, 0.2) is 0 Å². The number of hydrogen-bond donors (Lipinski definition) is 0. The van der Waals surface area contributed by atoms with E-state index in [-0.39, 0.29) is 20.1 Å². The van der Waals surface area contributed by atoms with E-state index >= 15 is 0 Å². The molecule has 3 nitrogen and oxygen atoms in total. The number of fused-ring (bicyclic) bond motifs is 3. The molecule has 0 aliphatic rings. The molecule has 3 aromatic heterocycles. The Morgan fingerprint density at radius 2 is 1.53 bits per heavy atom. The van der Waals surface area contributed by atoms with Gasteiger partial charge in [0, 0.05) is 39.3 Å². The van der Waals surface area contributed by atoms with E-state index in [1.807, 2.05) is 80.6 Å². The molecule has 49 heavy (non-hydrogen) atoms. The fraction of sp³-hybridized carbons (Fsp3) is 0.227. The summed E-state index contributed by atoms with van der Waals surface area (Å²) < 4.78 is 14.6. The van der Waals surface area contributed by atoms with Crippen molar-refractivity contribution < 1.29 is 25.9 Å². The monoisotopic (exact) mass is 838 g/mol. The van der Waals surface area contributed by atoms with Crippen LogP contribution in [0.15, 0.2) is 120 Å². The van der Waals surface area contributed by atoms with Crippen molar-refractivity contribution in [2.75, 3.05) is 0 Å². The minimum Gasteiger partial charge on any atom is -0.501 e. The molecule has 0 atom stereocenters. The molecule has 0 unspecified atom stereocenters. The molecule has 1 radical (unpaired) electrons. The van der Waals surface area contributed by atoms with Crippen molar-refractivity contribution in [1.29, 1.82) is 0 Å². The molecule has 5 heteroatoms. The second-order valence-corrected chi connectivity index (χ2v) is 19.1. The number of pyridine rings is 2. The zero-order chi connectivity index (χ0) is 34.8. The van der Waals surface area contributed by atoms with Crippen LogP contribution in [-0.2, 0) is 26.5 Å². The maximum absolute atomic E-state index is 8.33. The quantitative estimate of drug-likeness (QED) is 0.119. The van der Waals surface area contributed by atoms with E-state index in [1.54, 1.807) is 6.20 Å². The second kappa shape index (κ2) is 15.6. The van der Waals surface area contributed by atoms with E-state index in [0.717, 1.165) is 62.0 Å². The predicted octanol–water partition coefficient (Wildman–Crippen LogP) is 11.5. The maximum atomic E-state index is 8.33. The summed E-state index contributed by atoms with van der Waals surface area (Å²) in [5.41, 5.74) is 10.1. The van der Waals surface area contributed by atoms with E-state index in [4.69, 9.17) is 5.79 Å². The Kier molecular flexibility index (Phi) is 11.0. The van der Waals surface area contributed by atoms with Gasteiger partial charge in [0.05, 0.1) is 13.7 Å². The van der Waals surface area contributed by atoms with Crippen LogP contribution in [0.25, 0.3) is 55.6 Å². The zero-order valence-electron chi connectivity index (χ0n) is 30.4. The molecule has 0 fully saturated rings. The topological polar surface area (TPSA) is 38.9 Å². The van der Waals surface area contributed by atoms with E-state index in [1.165, 1.54) is 16.3 Å². The van der Waals surface area contributed by atoms with Crippen molar-refractivity contribution in [1.82, 2.24) is 9.97 Å². The van der Waals surface area contributed by atoms with Gasteiger partial charge in [-0.1, -0.05) is 118 Å². The van der Waals surface area contributed by atoms with Gasteiger partial charge < -0.3 is 14.4 Å². The van der Waals surface area contributed by atoms with Crippen molar-refractivity contribution >= 4 is 35.2 Å². The molecule has 0 aliphatic heterocycles. The molecule has 251 valence electrons. The summed E-state index contributed by atoms with van der Waals surface area (Å²) >= 11 is 0. The molecule has 0 saturated carbocycles. The summed E-state index contributed by atoms with van der Waals surface area (Å²) in [5, 5.41) is 3.61. The van der Waals surface area contributed by atoms with Gasteiger partial charge in [0.2, 0.25) is 0 Å². The Morgan fingerprint density at radius 3 is 2.22 bits per heavy atom. The van der Waals surface area contributed by atoms with Crippen molar-refractivity contribution in [2.24, 2.45) is 5.92 Å². The summed E-state index contributed by atoms with van der Waals surface area (Å²) in [4.78, 5) is 9.22. The van der Waals surface area contributed by atoms with E-state index in [2.05, 4.69) is 98.2 Å². The first-order valence-electron chi connectivity index (χ1n) is 17.2. The van der Waals surface area contributed by atoms with Crippen LogP contribution in [0.5, 0.6) is 0 Å². The van der Waals surface area contributed by atoms with Crippen LogP contribution in [0.3, 0.4) is 0 Å². The molecule has 0 spiro atoms. The number of furan rings is 1. The smallest absolute Gasteiger partial charge is 0.120 e. The molecule has 3 heterocycles. The van der Waals surface area contributed by atoms with Gasteiger partial charge in [0.25, 0.3) is 0 Å². The number of rotatable bonds is 7. The third-order valence-electron chi connectivity index (χ3n) is 8.54. The Balaban J connectivity index is 0.000000204. The number of benzene rings is 4. The molecule has 0 bridgehead atoms. The van der Waals surface area contributed by atoms with Crippen LogP contribution in [0.2, 0.25) is 19.6 Å². The normalized spacial score (nSPS) is 12.0. The van der Waals surface area contributed by atoms with E-state index in [0.29, 0.717) is 5.92 Å². The maximum Gasteiger partial charge on any atom is 0.120 e. The number of hydrogen-bond acceptors (Lipinski definition) is 3. The van der Waals surface area contributed by atoms with Crippen molar-refractivity contribution in [2.45, 2.75) is 59.7 Å². The molecular weight excluding hydrogens is 793 g/mol. The first-order chi connectivity index (χ1) is 23.4. The average molecular weight is 838 g/mol. The average Bonchev–Trinajstić information content (AvgIpc) is 3.46. The summed E-state index contributed by atoms with van der Waals surface area (Å²) in [6.45, 7) is 15.5. The zero-order valence-corrected chi connectivity index (χ0v) is 32.8. The molecule has 4 aromatic carbocycles. The largest absolute Gasteiger partial charge is 0.501 e. The van der Waals surface area contributed by atoms with Gasteiger partial charge in [-0.2, -0.15) is 0 Å². The van der Waals surface area contributed by atoms with Gasteiger partial charge in [-0.05, 0) is 64.1 Å². The third-order valence-corrected chi connectivity index (χ3v) is 10.6. The Hall–Kier alpha value is -4.15. The second-order valence-electron chi connectivity index (χ2n) is 14.1. The van der Waals surface area contributed by atoms with Gasteiger partial charge in [-0.15, -0.1) is 54.1 Å². The van der Waals surface area contributed by atoms with Crippen molar-refractivity contribution in [3.8, 4) is 33.6 Å². The minimum atomic E-state index is -1.34. The third kappa shape index (κ3) is 8.36. The first kappa shape index (κ1) is 34.7. The van der Waals surface area contributed by atoms with Crippen LogP contribution < -0.4 is 5.19 Å². The molecule has 0 aliphatic carbocycles. The molecule has 0 amide bonds. The Morgan fingerprint density at radius 1 is 0.755 bits per heavy atom. The van der Waals surface area contributed by atoms with Gasteiger partial charge >= 0.3 is 0 Å². The minimum absolute atomic E-state index is 0. The number of aromatic nitrogens is 2. The van der Waals surface area contributed by atoms with Gasteiger partial charge in [-0.25, -0.2) is 0 Å². The van der Waals surface area contributed by atoms with Crippen LogP contribution in [-0.4, -0.2) is 18.0 Å². The molecular formula is C44H44IrN2OSi-2. The van der Waals surface area contributed by atoms with E-state index < -0.39 is 14.0 Å². The summed E-state index contributed by atoms with van der Waals surface area (Å²) in [5.74, 6) is -0.0237. The van der Waals surface area contributed by atoms with Crippen LogP contribution in [0.1, 0.15) is 46.1 Å².